The molecule has 2 bridgehead atoms. The van der Waals surface area contributed by atoms with Gasteiger partial charge in [-0.2, -0.15) is 4.98 Å². The Labute approximate surface area is 129 Å². The van der Waals surface area contributed by atoms with Crippen molar-refractivity contribution in [2.24, 2.45) is 28.6 Å². The predicted molar refractivity (Wildman–Crippen MR) is 76.2 cm³/mol. The fraction of sp³-hybridized carbons (Fsp3) is 0.583. The first-order valence-electron chi connectivity index (χ1n) is 6.79. The van der Waals surface area contributed by atoms with Gasteiger partial charge in [0, 0.05) is 17.0 Å². The molecular weight excluding hydrogens is 313 g/mol. The first kappa shape index (κ1) is 14.8. The number of amides is 1. The maximum absolute atomic E-state index is 13.8. The number of aromatic nitrogens is 2. The van der Waals surface area contributed by atoms with Crippen molar-refractivity contribution < 1.29 is 9.18 Å². The predicted octanol–water partition coefficient (Wildman–Crippen LogP) is 1.87. The second-order valence-electron chi connectivity index (χ2n) is 5.60. The van der Waals surface area contributed by atoms with Crippen molar-refractivity contribution >= 4 is 23.3 Å². The molecule has 5 atom stereocenters. The molecule has 0 unspecified atom stereocenters. The number of azide groups is 1. The number of primary amides is 1. The van der Waals surface area contributed by atoms with Crippen LogP contribution in [0.2, 0.25) is 5.28 Å². The molecule has 0 spiro atoms. The van der Waals surface area contributed by atoms with E-state index < -0.39 is 23.7 Å². The minimum atomic E-state index is -0.671. The van der Waals surface area contributed by atoms with Crippen LogP contribution in [0.25, 0.3) is 10.4 Å². The summed E-state index contributed by atoms with van der Waals surface area (Å²) in [5.41, 5.74) is 14.1. The summed E-state index contributed by atoms with van der Waals surface area (Å²) in [4.78, 5) is 21.9. The van der Waals surface area contributed by atoms with E-state index in [0.717, 1.165) is 6.20 Å². The van der Waals surface area contributed by atoms with Gasteiger partial charge >= 0.3 is 0 Å². The number of anilines is 1. The van der Waals surface area contributed by atoms with Crippen molar-refractivity contribution in [3.05, 3.63) is 27.7 Å². The molecule has 1 aromatic heterocycles. The standard InChI is InChI=1S/C12H13ClFN7O/c13-12-17-3-6(14)11(19-12)18-9-5-1-4(8(9)10(15)22)2-7(5)20-21-16/h3-5,7-9H,1-2H2,(H2,15,22)(H,17,18,19)/t4-,5-,7-,8+,9-/m1/s1. The van der Waals surface area contributed by atoms with Crippen LogP contribution in [0.15, 0.2) is 11.3 Å². The van der Waals surface area contributed by atoms with E-state index in [1.54, 1.807) is 0 Å². The molecule has 3 N–H and O–H groups in total. The van der Waals surface area contributed by atoms with E-state index in [0.29, 0.717) is 12.8 Å². The number of carbonyl (C=O) groups excluding carboxylic acids is 1. The molecule has 3 rings (SSSR count). The number of nitrogens with two attached hydrogens (primary N) is 1. The van der Waals surface area contributed by atoms with Gasteiger partial charge in [0.05, 0.1) is 12.1 Å². The molecule has 8 nitrogen and oxygen atoms in total. The van der Waals surface area contributed by atoms with Gasteiger partial charge in [-0.1, -0.05) is 5.11 Å². The molecule has 2 aliphatic carbocycles. The minimum Gasteiger partial charge on any atom is -0.369 e. The highest BCUT2D eigenvalue weighted by atomic mass is 35.5. The smallest absolute Gasteiger partial charge is 0.224 e. The quantitative estimate of drug-likeness (QED) is 0.378. The Morgan fingerprint density at radius 2 is 2.36 bits per heavy atom. The Morgan fingerprint density at radius 3 is 3.05 bits per heavy atom. The Kier molecular flexibility index (Phi) is 3.76. The van der Waals surface area contributed by atoms with Gasteiger partial charge in [-0.05, 0) is 41.8 Å². The molecule has 1 heterocycles. The average Bonchev–Trinajstić information content (AvgIpc) is 3.00. The lowest BCUT2D eigenvalue weighted by Gasteiger charge is -2.33. The van der Waals surface area contributed by atoms with Crippen molar-refractivity contribution in [3.8, 4) is 0 Å². The molecule has 0 aromatic carbocycles. The van der Waals surface area contributed by atoms with Crippen molar-refractivity contribution in [1.29, 1.82) is 0 Å². The van der Waals surface area contributed by atoms with Crippen LogP contribution in [-0.4, -0.2) is 28.0 Å². The van der Waals surface area contributed by atoms with Crippen molar-refractivity contribution in [1.82, 2.24) is 9.97 Å². The van der Waals surface area contributed by atoms with Gasteiger partial charge < -0.3 is 11.1 Å². The SMILES string of the molecule is [N-]=[N+]=N[C@@H]1C[C@H]2C[C@H]1[C@@H](Nc1nc(Cl)ncc1F)[C@H]2C(N)=O. The molecule has 2 fully saturated rings. The fourth-order valence-corrected chi connectivity index (χ4v) is 3.87. The third kappa shape index (κ3) is 2.42. The number of hydrogen-bond acceptors (Lipinski definition) is 5. The van der Waals surface area contributed by atoms with E-state index in [1.807, 2.05) is 0 Å². The normalized spacial score (nSPS) is 32.5. The van der Waals surface area contributed by atoms with Gasteiger partial charge in [0.2, 0.25) is 11.2 Å². The Bertz CT molecular complexity index is 665. The molecule has 22 heavy (non-hydrogen) atoms. The summed E-state index contributed by atoms with van der Waals surface area (Å²) in [7, 11) is 0. The number of nitrogens with zero attached hydrogens (tertiary/aromatic N) is 5. The van der Waals surface area contributed by atoms with Crippen LogP contribution in [-0.2, 0) is 4.79 Å². The van der Waals surface area contributed by atoms with Crippen LogP contribution < -0.4 is 11.1 Å². The number of nitrogens with one attached hydrogen (secondary N) is 1. The van der Waals surface area contributed by atoms with Crippen LogP contribution in [0, 0.1) is 23.6 Å². The summed E-state index contributed by atoms with van der Waals surface area (Å²) < 4.78 is 13.8. The van der Waals surface area contributed by atoms with Crippen LogP contribution in [0.5, 0.6) is 0 Å². The van der Waals surface area contributed by atoms with Crippen LogP contribution in [0.3, 0.4) is 0 Å². The van der Waals surface area contributed by atoms with Gasteiger partial charge in [0.25, 0.3) is 0 Å². The van der Waals surface area contributed by atoms with Gasteiger partial charge in [-0.3, -0.25) is 4.79 Å². The molecule has 10 heteroatoms. The van der Waals surface area contributed by atoms with Crippen LogP contribution in [0.1, 0.15) is 12.8 Å². The zero-order chi connectivity index (χ0) is 15.9. The Hall–Kier alpha value is -2.12. The zero-order valence-electron chi connectivity index (χ0n) is 11.4. The highest BCUT2D eigenvalue weighted by Gasteiger charge is 2.54. The lowest BCUT2D eigenvalue weighted by molar-refractivity contribution is -0.123. The monoisotopic (exact) mass is 325 g/mol. The first-order chi connectivity index (χ1) is 10.5. The first-order valence-corrected chi connectivity index (χ1v) is 7.17. The maximum atomic E-state index is 13.8. The Balaban J connectivity index is 1.90. The maximum Gasteiger partial charge on any atom is 0.224 e. The van der Waals surface area contributed by atoms with Gasteiger partial charge in [0.15, 0.2) is 11.6 Å². The van der Waals surface area contributed by atoms with Crippen molar-refractivity contribution in [2.45, 2.75) is 24.9 Å². The van der Waals surface area contributed by atoms with Gasteiger partial charge in [0.1, 0.15) is 0 Å². The van der Waals surface area contributed by atoms with Gasteiger partial charge in [-0.15, -0.1) is 0 Å². The van der Waals surface area contributed by atoms with E-state index in [1.165, 1.54) is 0 Å². The molecule has 2 aliphatic rings. The average molecular weight is 326 g/mol. The van der Waals surface area contributed by atoms with E-state index >= 15 is 0 Å². The summed E-state index contributed by atoms with van der Waals surface area (Å²) in [5.74, 6) is -1.73. The molecule has 0 saturated heterocycles. The van der Waals surface area contributed by atoms with E-state index in [4.69, 9.17) is 22.9 Å². The van der Waals surface area contributed by atoms with Crippen molar-refractivity contribution in [3.63, 3.8) is 0 Å². The lowest BCUT2D eigenvalue weighted by Crippen LogP contribution is -2.46. The number of fused-ring (bicyclic) bond motifs is 2. The summed E-state index contributed by atoms with van der Waals surface area (Å²) in [6, 6.07) is -0.671. The second kappa shape index (κ2) is 5.58. The lowest BCUT2D eigenvalue weighted by atomic mass is 9.81. The van der Waals surface area contributed by atoms with E-state index in [2.05, 4.69) is 25.3 Å². The molecule has 1 amide bonds. The molecule has 116 valence electrons. The third-order valence-electron chi connectivity index (χ3n) is 4.52. The number of rotatable bonds is 4. The highest BCUT2D eigenvalue weighted by Crippen LogP contribution is 2.50. The minimum absolute atomic E-state index is 0.0240. The number of hydrogen-bond donors (Lipinski definition) is 2. The summed E-state index contributed by atoms with van der Waals surface area (Å²) in [6.07, 6.45) is 2.28. The third-order valence-corrected chi connectivity index (χ3v) is 4.70. The molecular formula is C12H13ClFN7O. The van der Waals surface area contributed by atoms with Crippen LogP contribution >= 0.6 is 11.6 Å². The highest BCUT2D eigenvalue weighted by molar-refractivity contribution is 6.28. The molecule has 1 aromatic rings. The number of halogens is 2. The number of carbonyl (C=O) groups is 1. The molecule has 0 aliphatic heterocycles. The van der Waals surface area contributed by atoms with Crippen LogP contribution in [0.4, 0.5) is 10.2 Å². The topological polar surface area (TPSA) is 130 Å². The van der Waals surface area contributed by atoms with E-state index in [-0.39, 0.29) is 29.0 Å². The largest absolute Gasteiger partial charge is 0.369 e. The second-order valence-corrected chi connectivity index (χ2v) is 5.94. The fourth-order valence-electron chi connectivity index (χ4n) is 3.74. The molecule has 0 radical (unpaired) electrons. The summed E-state index contributed by atoms with van der Waals surface area (Å²) >= 11 is 5.67. The van der Waals surface area contributed by atoms with E-state index in [9.17, 15) is 9.18 Å². The zero-order valence-corrected chi connectivity index (χ0v) is 12.1. The van der Waals surface area contributed by atoms with Crippen molar-refractivity contribution in [2.75, 3.05) is 5.32 Å². The van der Waals surface area contributed by atoms with Gasteiger partial charge in [-0.25, -0.2) is 9.37 Å². The molecule has 2 saturated carbocycles. The Morgan fingerprint density at radius 1 is 1.59 bits per heavy atom. The summed E-state index contributed by atoms with van der Waals surface area (Å²) in [5, 5.41) is 6.57. The summed E-state index contributed by atoms with van der Waals surface area (Å²) in [6.45, 7) is 0.